The summed E-state index contributed by atoms with van der Waals surface area (Å²) in [6.45, 7) is 3.45. The minimum atomic E-state index is -0.756. The molecule has 0 heterocycles. The second kappa shape index (κ2) is 8.05. The number of carbonyl (C=O) groups excluding carboxylic acids is 1. The fourth-order valence-corrected chi connectivity index (χ4v) is 2.74. The molecule has 0 radical (unpaired) electrons. The molecule has 6 heteroatoms. The molecule has 0 spiro atoms. The summed E-state index contributed by atoms with van der Waals surface area (Å²) in [5, 5.41) is 12.9. The summed E-state index contributed by atoms with van der Waals surface area (Å²) in [4.78, 5) is 12.3. The van der Waals surface area contributed by atoms with Gasteiger partial charge in [-0.3, -0.25) is 4.79 Å². The zero-order valence-corrected chi connectivity index (χ0v) is 14.7. The minimum absolute atomic E-state index is 0.304. The predicted molar refractivity (Wildman–Crippen MR) is 94.3 cm³/mol. The van der Waals surface area contributed by atoms with Gasteiger partial charge in [-0.25, -0.2) is 0 Å². The van der Waals surface area contributed by atoms with Crippen LogP contribution in [0, 0.1) is 11.3 Å². The van der Waals surface area contributed by atoms with Crippen LogP contribution in [0.3, 0.4) is 0 Å². The van der Waals surface area contributed by atoms with Gasteiger partial charge in [0.25, 0.3) is 5.91 Å². The molecule has 0 aliphatic heterocycles. The molecule has 2 atom stereocenters. The maximum atomic E-state index is 12.3. The zero-order chi connectivity index (χ0) is 17.7. The molecule has 0 saturated carbocycles. The summed E-state index contributed by atoms with van der Waals surface area (Å²) < 4.78 is 5.60. The van der Waals surface area contributed by atoms with E-state index in [0.29, 0.717) is 21.4 Å². The number of ether oxygens (including phenoxy) is 1. The maximum Gasteiger partial charge on any atom is 0.261 e. The van der Waals surface area contributed by atoms with Crippen LogP contribution in [0.5, 0.6) is 5.75 Å². The third-order valence-corrected chi connectivity index (χ3v) is 4.03. The van der Waals surface area contributed by atoms with Gasteiger partial charge in [-0.1, -0.05) is 41.4 Å². The van der Waals surface area contributed by atoms with Crippen molar-refractivity contribution in [2.45, 2.75) is 26.0 Å². The summed E-state index contributed by atoms with van der Waals surface area (Å²) in [6, 6.07) is 13.6. The molecule has 0 aromatic heterocycles. The van der Waals surface area contributed by atoms with Gasteiger partial charge in [-0.05, 0) is 43.7 Å². The topological polar surface area (TPSA) is 62.1 Å². The number of carbonyl (C=O) groups is 1. The highest BCUT2D eigenvalue weighted by Crippen LogP contribution is 2.26. The van der Waals surface area contributed by atoms with Crippen LogP contribution in [0.4, 0.5) is 0 Å². The molecular formula is C18H16Cl2N2O2. The molecule has 0 saturated heterocycles. The van der Waals surface area contributed by atoms with Crippen LogP contribution in [0.15, 0.2) is 42.5 Å². The number of amides is 1. The number of nitrogens with one attached hydrogen (secondary N) is 1. The van der Waals surface area contributed by atoms with Crippen LogP contribution in [-0.2, 0) is 4.79 Å². The summed E-state index contributed by atoms with van der Waals surface area (Å²) >= 11 is 12.0. The van der Waals surface area contributed by atoms with Crippen LogP contribution in [-0.4, -0.2) is 12.0 Å². The van der Waals surface area contributed by atoms with E-state index in [4.69, 9.17) is 33.2 Å². The molecule has 4 nitrogen and oxygen atoms in total. The second-order valence-electron chi connectivity index (χ2n) is 5.26. The van der Waals surface area contributed by atoms with Crippen LogP contribution < -0.4 is 10.1 Å². The van der Waals surface area contributed by atoms with Crippen LogP contribution >= 0.6 is 23.2 Å². The van der Waals surface area contributed by atoms with Crippen LogP contribution in [0.2, 0.25) is 10.0 Å². The van der Waals surface area contributed by atoms with Gasteiger partial charge in [0.2, 0.25) is 0 Å². The van der Waals surface area contributed by atoms with Gasteiger partial charge in [0, 0.05) is 10.0 Å². The lowest BCUT2D eigenvalue weighted by Gasteiger charge is -2.20. The molecular weight excluding hydrogens is 347 g/mol. The van der Waals surface area contributed by atoms with Gasteiger partial charge < -0.3 is 10.1 Å². The monoisotopic (exact) mass is 362 g/mol. The van der Waals surface area contributed by atoms with E-state index < -0.39 is 6.10 Å². The van der Waals surface area contributed by atoms with Crippen molar-refractivity contribution in [1.82, 2.24) is 5.32 Å². The molecule has 1 amide bonds. The number of hydrogen-bond donors (Lipinski definition) is 1. The van der Waals surface area contributed by atoms with Crippen molar-refractivity contribution in [2.75, 3.05) is 0 Å². The molecule has 0 aliphatic carbocycles. The lowest BCUT2D eigenvalue weighted by molar-refractivity contribution is -0.127. The van der Waals surface area contributed by atoms with Gasteiger partial charge >= 0.3 is 0 Å². The number of halogens is 2. The molecule has 24 heavy (non-hydrogen) atoms. The highest BCUT2D eigenvalue weighted by molar-refractivity contribution is 6.35. The van der Waals surface area contributed by atoms with E-state index in [2.05, 4.69) is 5.32 Å². The first-order valence-electron chi connectivity index (χ1n) is 7.33. The van der Waals surface area contributed by atoms with E-state index in [9.17, 15) is 4.79 Å². The Labute approximate surface area is 151 Å². The Morgan fingerprint density at radius 1 is 1.21 bits per heavy atom. The number of benzene rings is 2. The Morgan fingerprint density at radius 2 is 1.92 bits per heavy atom. The quantitative estimate of drug-likeness (QED) is 0.850. The number of nitrogens with zero attached hydrogens (tertiary/aromatic N) is 1. The third-order valence-electron chi connectivity index (χ3n) is 3.47. The summed E-state index contributed by atoms with van der Waals surface area (Å²) in [5.74, 6) is 0.0705. The Bertz CT molecular complexity index is 787. The lowest BCUT2D eigenvalue weighted by atomic mass is 10.1. The molecule has 1 N–H and O–H groups in total. The zero-order valence-electron chi connectivity index (χ0n) is 13.2. The normalized spacial score (nSPS) is 12.8. The first-order valence-corrected chi connectivity index (χ1v) is 8.09. The molecule has 0 bridgehead atoms. The third kappa shape index (κ3) is 4.41. The lowest BCUT2D eigenvalue weighted by Crippen LogP contribution is -2.38. The van der Waals surface area contributed by atoms with Crippen LogP contribution in [0.1, 0.15) is 31.0 Å². The van der Waals surface area contributed by atoms with E-state index in [0.717, 1.165) is 5.56 Å². The first kappa shape index (κ1) is 18.1. The van der Waals surface area contributed by atoms with Gasteiger partial charge in [0.15, 0.2) is 6.10 Å². The average molecular weight is 363 g/mol. The molecule has 2 rings (SSSR count). The largest absolute Gasteiger partial charge is 0.480 e. The SMILES string of the molecule is C[C@H](Oc1ccccc1C#N)C(=O)N[C@@H](C)c1ccc(Cl)cc1Cl. The molecule has 0 unspecified atom stereocenters. The Hall–Kier alpha value is -2.22. The highest BCUT2D eigenvalue weighted by atomic mass is 35.5. The fourth-order valence-electron chi connectivity index (χ4n) is 2.17. The number of para-hydroxylation sites is 1. The van der Waals surface area contributed by atoms with Crippen molar-refractivity contribution < 1.29 is 9.53 Å². The number of rotatable bonds is 5. The van der Waals surface area contributed by atoms with E-state index in [1.165, 1.54) is 0 Å². The second-order valence-corrected chi connectivity index (χ2v) is 6.11. The minimum Gasteiger partial charge on any atom is -0.480 e. The number of hydrogen-bond acceptors (Lipinski definition) is 3. The van der Waals surface area contributed by atoms with Crippen molar-refractivity contribution >= 4 is 29.1 Å². The first-order chi connectivity index (χ1) is 11.4. The maximum absolute atomic E-state index is 12.3. The standard InChI is InChI=1S/C18H16Cl2N2O2/c1-11(15-8-7-14(19)9-16(15)20)22-18(23)12(2)24-17-6-4-3-5-13(17)10-21/h3-9,11-12H,1-2H3,(H,22,23)/t11-,12-/m0/s1. The summed E-state index contributed by atoms with van der Waals surface area (Å²) in [7, 11) is 0. The van der Waals surface area contributed by atoms with Gasteiger partial charge in [0.05, 0.1) is 11.6 Å². The van der Waals surface area contributed by atoms with Gasteiger partial charge in [-0.2, -0.15) is 5.26 Å². The van der Waals surface area contributed by atoms with Gasteiger partial charge in [-0.15, -0.1) is 0 Å². The van der Waals surface area contributed by atoms with Crippen molar-refractivity contribution in [3.63, 3.8) is 0 Å². The van der Waals surface area contributed by atoms with E-state index in [1.807, 2.05) is 13.0 Å². The van der Waals surface area contributed by atoms with E-state index >= 15 is 0 Å². The van der Waals surface area contributed by atoms with E-state index in [1.54, 1.807) is 49.4 Å². The molecule has 2 aromatic carbocycles. The summed E-state index contributed by atoms with van der Waals surface area (Å²) in [6.07, 6.45) is -0.756. The van der Waals surface area contributed by atoms with Crippen molar-refractivity contribution in [1.29, 1.82) is 5.26 Å². The fraction of sp³-hybridized carbons (Fsp3) is 0.222. The molecule has 2 aromatic rings. The van der Waals surface area contributed by atoms with Crippen molar-refractivity contribution in [3.8, 4) is 11.8 Å². The van der Waals surface area contributed by atoms with E-state index in [-0.39, 0.29) is 11.9 Å². The predicted octanol–water partition coefficient (Wildman–Crippen LogP) is 4.51. The van der Waals surface area contributed by atoms with Crippen molar-refractivity contribution in [3.05, 3.63) is 63.6 Å². The Balaban J connectivity index is 2.04. The van der Waals surface area contributed by atoms with Gasteiger partial charge in [0.1, 0.15) is 11.8 Å². The van der Waals surface area contributed by atoms with Crippen molar-refractivity contribution in [2.24, 2.45) is 0 Å². The van der Waals surface area contributed by atoms with Crippen LogP contribution in [0.25, 0.3) is 0 Å². The average Bonchev–Trinajstić information content (AvgIpc) is 2.55. The molecule has 0 aliphatic rings. The number of nitriles is 1. The highest BCUT2D eigenvalue weighted by Gasteiger charge is 2.20. The smallest absolute Gasteiger partial charge is 0.261 e. The molecule has 0 fully saturated rings. The Kier molecular flexibility index (Phi) is 6.08. The Morgan fingerprint density at radius 3 is 2.58 bits per heavy atom. The summed E-state index contributed by atoms with van der Waals surface area (Å²) in [5.41, 5.74) is 1.14. The molecule has 124 valence electrons.